The molecule has 3 aromatic heterocycles. The third-order valence-electron chi connectivity index (χ3n) is 5.81. The van der Waals surface area contributed by atoms with Crippen LogP contribution < -0.4 is 10.6 Å². The topological polar surface area (TPSA) is 75.1 Å². The van der Waals surface area contributed by atoms with Crippen LogP contribution in [-0.4, -0.2) is 37.0 Å². The van der Waals surface area contributed by atoms with Gasteiger partial charge in [0.25, 0.3) is 0 Å². The fourth-order valence-electron chi connectivity index (χ4n) is 4.27. The number of carbonyl (C=O) groups is 1. The van der Waals surface area contributed by atoms with Gasteiger partial charge in [0.05, 0.1) is 17.8 Å². The molecule has 4 heterocycles. The second kappa shape index (κ2) is 9.84. The molecule has 2 atom stereocenters. The number of nitrogens with zero attached hydrogens (tertiary/aromatic N) is 4. The van der Waals surface area contributed by atoms with Gasteiger partial charge >= 0.3 is 0 Å². The van der Waals surface area contributed by atoms with Crippen LogP contribution in [0.2, 0.25) is 0 Å². The molecule has 7 nitrogen and oxygen atoms in total. The summed E-state index contributed by atoms with van der Waals surface area (Å²) in [4.78, 5) is 23.9. The minimum atomic E-state index is -0.164. The van der Waals surface area contributed by atoms with Crippen LogP contribution in [0.5, 0.6) is 0 Å². The summed E-state index contributed by atoms with van der Waals surface area (Å²) in [5.74, 6) is 0.760. The van der Waals surface area contributed by atoms with Crippen LogP contribution in [0.4, 0.5) is 5.69 Å². The number of pyridine rings is 2. The number of anilines is 1. The largest absolute Gasteiger partial charge is 0.352 e. The molecule has 4 aromatic rings. The third-order valence-corrected chi connectivity index (χ3v) is 6.17. The SMILES string of the molecule is O=C(CCN1C(=S)N[C@H](c2ccccn2)[C@H]1c1cccn1-c1ccccn1)Nc1ccccc1. The number of hydrogen-bond acceptors (Lipinski definition) is 4. The lowest BCUT2D eigenvalue weighted by molar-refractivity contribution is -0.116. The second-order valence-electron chi connectivity index (χ2n) is 7.98. The van der Waals surface area contributed by atoms with Crippen molar-refractivity contribution in [3.8, 4) is 5.82 Å². The number of carbonyl (C=O) groups excluding carboxylic acids is 1. The highest BCUT2D eigenvalue weighted by Gasteiger charge is 2.41. The summed E-state index contributed by atoms with van der Waals surface area (Å²) in [7, 11) is 0. The highest BCUT2D eigenvalue weighted by atomic mass is 32.1. The van der Waals surface area contributed by atoms with Crippen molar-refractivity contribution < 1.29 is 4.79 Å². The second-order valence-corrected chi connectivity index (χ2v) is 8.36. The number of rotatable bonds is 7. The first kappa shape index (κ1) is 21.8. The Kier molecular flexibility index (Phi) is 6.31. The van der Waals surface area contributed by atoms with Crippen LogP contribution in [0.1, 0.15) is 29.9 Å². The maximum absolute atomic E-state index is 12.7. The van der Waals surface area contributed by atoms with Crippen molar-refractivity contribution in [2.24, 2.45) is 0 Å². The number of aromatic nitrogens is 3. The third kappa shape index (κ3) is 4.53. The molecule has 0 saturated carbocycles. The first-order valence-electron chi connectivity index (χ1n) is 11.1. The molecule has 0 radical (unpaired) electrons. The molecule has 1 amide bonds. The number of nitrogens with one attached hydrogen (secondary N) is 2. The summed E-state index contributed by atoms with van der Waals surface area (Å²) in [5, 5.41) is 6.99. The first-order chi connectivity index (χ1) is 16.7. The van der Waals surface area contributed by atoms with E-state index >= 15 is 0 Å². The molecule has 1 aliphatic rings. The molecule has 1 saturated heterocycles. The minimum Gasteiger partial charge on any atom is -0.352 e. The lowest BCUT2D eigenvalue weighted by Gasteiger charge is -2.28. The fourth-order valence-corrected chi connectivity index (χ4v) is 4.61. The Bertz CT molecular complexity index is 1260. The smallest absolute Gasteiger partial charge is 0.226 e. The zero-order chi connectivity index (χ0) is 23.3. The van der Waals surface area contributed by atoms with Crippen LogP contribution in [-0.2, 0) is 4.79 Å². The van der Waals surface area contributed by atoms with Crippen molar-refractivity contribution in [1.29, 1.82) is 0 Å². The molecule has 0 bridgehead atoms. The summed E-state index contributed by atoms with van der Waals surface area (Å²) in [5.41, 5.74) is 2.69. The van der Waals surface area contributed by atoms with Crippen LogP contribution in [0.3, 0.4) is 0 Å². The average Bonchev–Trinajstić information content (AvgIpc) is 3.48. The van der Waals surface area contributed by atoms with E-state index in [1.54, 1.807) is 12.4 Å². The van der Waals surface area contributed by atoms with E-state index in [0.29, 0.717) is 18.1 Å². The maximum Gasteiger partial charge on any atom is 0.226 e. The van der Waals surface area contributed by atoms with E-state index in [9.17, 15) is 4.79 Å². The molecule has 1 aliphatic heterocycles. The van der Waals surface area contributed by atoms with Crippen LogP contribution in [0.15, 0.2) is 97.5 Å². The number of amides is 1. The standard InChI is InChI=1S/C26H24N6OS/c33-23(29-19-9-2-1-3-10-19)14-18-32-25(24(30-26(32)34)20-11-4-6-15-27-20)21-12-8-17-31(21)22-13-5-7-16-28-22/h1-13,15-17,24-25H,14,18H2,(H,29,33)(H,30,34)/t24-,25-/m1/s1. The quantitative estimate of drug-likeness (QED) is 0.395. The van der Waals surface area contributed by atoms with Crippen molar-refractivity contribution in [3.05, 3.63) is 109 Å². The normalized spacial score (nSPS) is 17.4. The summed E-state index contributed by atoms with van der Waals surface area (Å²) in [6, 6.07) is 24.9. The van der Waals surface area contributed by atoms with E-state index < -0.39 is 0 Å². The Balaban J connectivity index is 1.44. The van der Waals surface area contributed by atoms with Gasteiger partial charge in [0.1, 0.15) is 5.82 Å². The predicted molar refractivity (Wildman–Crippen MR) is 135 cm³/mol. The number of para-hydroxylation sites is 1. The molecule has 2 N–H and O–H groups in total. The molecular formula is C26H24N6OS. The van der Waals surface area contributed by atoms with Gasteiger partial charge in [-0.2, -0.15) is 0 Å². The van der Waals surface area contributed by atoms with Gasteiger partial charge in [-0.05, 0) is 60.7 Å². The van der Waals surface area contributed by atoms with Crippen LogP contribution in [0.25, 0.3) is 5.82 Å². The molecule has 0 spiro atoms. The Hall–Kier alpha value is -4.04. The Labute approximate surface area is 203 Å². The van der Waals surface area contributed by atoms with Crippen LogP contribution in [0, 0.1) is 0 Å². The van der Waals surface area contributed by atoms with E-state index in [1.807, 2.05) is 79.0 Å². The predicted octanol–water partition coefficient (Wildman–Crippen LogP) is 4.27. The van der Waals surface area contributed by atoms with Gasteiger partial charge in [-0.25, -0.2) is 4.98 Å². The number of hydrogen-bond donors (Lipinski definition) is 2. The van der Waals surface area contributed by atoms with Gasteiger partial charge in [0.2, 0.25) is 5.91 Å². The maximum atomic E-state index is 12.7. The van der Waals surface area contributed by atoms with Gasteiger partial charge in [-0.15, -0.1) is 0 Å². The summed E-state index contributed by atoms with van der Waals surface area (Å²) in [6.07, 6.45) is 5.85. The molecule has 8 heteroatoms. The lowest BCUT2D eigenvalue weighted by Crippen LogP contribution is -2.33. The van der Waals surface area contributed by atoms with Gasteiger partial charge in [-0.1, -0.05) is 30.3 Å². The molecule has 5 rings (SSSR count). The van der Waals surface area contributed by atoms with Gasteiger partial charge in [0.15, 0.2) is 5.11 Å². The fraction of sp³-hybridized carbons (Fsp3) is 0.154. The number of thiocarbonyl (C=S) groups is 1. The van der Waals surface area contributed by atoms with Crippen molar-refractivity contribution in [2.75, 3.05) is 11.9 Å². The van der Waals surface area contributed by atoms with E-state index in [4.69, 9.17) is 12.2 Å². The van der Waals surface area contributed by atoms with Crippen molar-refractivity contribution in [1.82, 2.24) is 24.8 Å². The molecule has 34 heavy (non-hydrogen) atoms. The summed E-state index contributed by atoms with van der Waals surface area (Å²) >= 11 is 5.74. The summed E-state index contributed by atoms with van der Waals surface area (Å²) in [6.45, 7) is 0.464. The highest BCUT2D eigenvalue weighted by molar-refractivity contribution is 7.80. The average molecular weight is 469 g/mol. The molecule has 1 aromatic carbocycles. The first-order valence-corrected chi connectivity index (χ1v) is 11.5. The lowest BCUT2D eigenvalue weighted by atomic mass is 10.0. The molecule has 1 fully saturated rings. The van der Waals surface area contributed by atoms with E-state index in [1.165, 1.54) is 0 Å². The molecule has 0 aliphatic carbocycles. The Morgan fingerprint density at radius 1 is 0.941 bits per heavy atom. The van der Waals surface area contributed by atoms with E-state index in [-0.39, 0.29) is 18.0 Å². The van der Waals surface area contributed by atoms with Gasteiger partial charge < -0.3 is 20.1 Å². The Morgan fingerprint density at radius 2 is 1.71 bits per heavy atom. The Morgan fingerprint density at radius 3 is 2.44 bits per heavy atom. The zero-order valence-corrected chi connectivity index (χ0v) is 19.2. The van der Waals surface area contributed by atoms with Crippen molar-refractivity contribution in [3.63, 3.8) is 0 Å². The highest BCUT2D eigenvalue weighted by Crippen LogP contribution is 2.39. The van der Waals surface area contributed by atoms with Crippen molar-refractivity contribution >= 4 is 28.9 Å². The zero-order valence-electron chi connectivity index (χ0n) is 18.4. The number of benzene rings is 1. The summed E-state index contributed by atoms with van der Waals surface area (Å²) < 4.78 is 2.06. The molecular weight excluding hydrogens is 444 g/mol. The van der Waals surface area contributed by atoms with Crippen LogP contribution >= 0.6 is 12.2 Å². The monoisotopic (exact) mass is 468 g/mol. The van der Waals surface area contributed by atoms with E-state index in [0.717, 1.165) is 22.9 Å². The molecule has 0 unspecified atom stereocenters. The minimum absolute atomic E-state index is 0.0610. The van der Waals surface area contributed by atoms with Crippen molar-refractivity contribution in [2.45, 2.75) is 18.5 Å². The van der Waals surface area contributed by atoms with Gasteiger partial charge in [0, 0.05) is 42.9 Å². The van der Waals surface area contributed by atoms with E-state index in [2.05, 4.69) is 36.1 Å². The van der Waals surface area contributed by atoms with Gasteiger partial charge in [-0.3, -0.25) is 9.78 Å². The molecule has 170 valence electrons.